The molecule has 5 nitrogen and oxygen atoms in total. The van der Waals surface area contributed by atoms with E-state index in [9.17, 15) is 4.39 Å². The molecular weight excluding hydrogens is 313 g/mol. The van der Waals surface area contributed by atoms with Crippen LogP contribution in [0.1, 0.15) is 11.3 Å². The highest BCUT2D eigenvalue weighted by molar-refractivity contribution is 7.80. The number of thiocarbonyl (C=S) groups is 1. The van der Waals surface area contributed by atoms with Crippen molar-refractivity contribution in [3.05, 3.63) is 46.5 Å². The predicted octanol–water partition coefficient (Wildman–Crippen LogP) is 2.40. The number of halogens is 2. The first kappa shape index (κ1) is 15.4. The number of nitrogens with one attached hydrogen (secondary N) is 2. The summed E-state index contributed by atoms with van der Waals surface area (Å²) in [6, 6.07) is 5.90. The number of nitrogens with zero attached hydrogens (tertiary/aromatic N) is 3. The highest BCUT2D eigenvalue weighted by Crippen LogP contribution is 2.22. The van der Waals surface area contributed by atoms with Crippen LogP contribution in [0.3, 0.4) is 0 Å². The standard InChI is InChI=1S/C13H13ClFN5S/c1-8-11(7-17-18-13(21)16-2)12(14)20(19-8)10-5-3-9(15)4-6-10/h3-7H,1-2H3,(H2,16,18,21)/b17-7-. The number of rotatable bonds is 3. The van der Waals surface area contributed by atoms with Crippen molar-refractivity contribution in [1.29, 1.82) is 0 Å². The van der Waals surface area contributed by atoms with Crippen LogP contribution < -0.4 is 10.7 Å². The normalized spacial score (nSPS) is 10.9. The topological polar surface area (TPSA) is 54.2 Å². The van der Waals surface area contributed by atoms with Gasteiger partial charge in [-0.15, -0.1) is 0 Å². The van der Waals surface area contributed by atoms with Gasteiger partial charge in [0, 0.05) is 7.05 Å². The van der Waals surface area contributed by atoms with E-state index in [2.05, 4.69) is 20.9 Å². The zero-order chi connectivity index (χ0) is 15.4. The van der Waals surface area contributed by atoms with E-state index in [0.29, 0.717) is 27.2 Å². The average Bonchev–Trinajstić information content (AvgIpc) is 2.75. The second-order valence-electron chi connectivity index (χ2n) is 4.13. The van der Waals surface area contributed by atoms with Crippen LogP contribution in [-0.4, -0.2) is 28.2 Å². The molecule has 0 spiro atoms. The molecule has 0 unspecified atom stereocenters. The summed E-state index contributed by atoms with van der Waals surface area (Å²) in [6.07, 6.45) is 1.54. The quantitative estimate of drug-likeness (QED) is 0.517. The zero-order valence-corrected chi connectivity index (χ0v) is 13.0. The van der Waals surface area contributed by atoms with E-state index in [4.69, 9.17) is 23.8 Å². The van der Waals surface area contributed by atoms with Gasteiger partial charge in [-0.05, 0) is 43.4 Å². The minimum atomic E-state index is -0.315. The van der Waals surface area contributed by atoms with Crippen LogP contribution in [0.15, 0.2) is 29.4 Å². The summed E-state index contributed by atoms with van der Waals surface area (Å²) in [5.41, 5.74) is 4.66. The molecule has 0 atom stereocenters. The minimum Gasteiger partial charge on any atom is -0.364 e. The maximum atomic E-state index is 13.0. The number of hydrazone groups is 1. The van der Waals surface area contributed by atoms with E-state index in [1.54, 1.807) is 19.2 Å². The lowest BCUT2D eigenvalue weighted by atomic mass is 10.3. The van der Waals surface area contributed by atoms with Crippen LogP contribution in [0.4, 0.5) is 4.39 Å². The highest BCUT2D eigenvalue weighted by Gasteiger charge is 2.13. The van der Waals surface area contributed by atoms with Gasteiger partial charge in [0.15, 0.2) is 5.11 Å². The number of hydrogen-bond acceptors (Lipinski definition) is 3. The Labute approximate surface area is 131 Å². The van der Waals surface area contributed by atoms with Gasteiger partial charge in [-0.1, -0.05) is 11.6 Å². The molecule has 2 N–H and O–H groups in total. The predicted molar refractivity (Wildman–Crippen MR) is 85.7 cm³/mol. The van der Waals surface area contributed by atoms with Gasteiger partial charge in [0.1, 0.15) is 11.0 Å². The molecule has 2 rings (SSSR count). The molecule has 0 fully saturated rings. The fraction of sp³-hybridized carbons (Fsp3) is 0.154. The van der Waals surface area contributed by atoms with E-state index >= 15 is 0 Å². The average molecular weight is 326 g/mol. The summed E-state index contributed by atoms with van der Waals surface area (Å²) in [5, 5.41) is 11.8. The Kier molecular flexibility index (Phi) is 4.87. The van der Waals surface area contributed by atoms with Gasteiger partial charge in [-0.25, -0.2) is 9.07 Å². The zero-order valence-electron chi connectivity index (χ0n) is 11.4. The molecule has 1 aromatic carbocycles. The molecule has 2 aromatic rings. The van der Waals surface area contributed by atoms with Crippen LogP contribution in [0.25, 0.3) is 5.69 Å². The SMILES string of the molecule is CNC(=S)N/N=C\c1c(C)nn(-c2ccc(F)cc2)c1Cl. The van der Waals surface area contributed by atoms with Crippen molar-refractivity contribution >= 4 is 35.1 Å². The first-order valence-electron chi connectivity index (χ1n) is 6.04. The van der Waals surface area contributed by atoms with Gasteiger partial charge in [0.2, 0.25) is 0 Å². The molecule has 110 valence electrons. The summed E-state index contributed by atoms with van der Waals surface area (Å²) in [5.74, 6) is -0.315. The van der Waals surface area contributed by atoms with Crippen molar-refractivity contribution in [2.45, 2.75) is 6.92 Å². The summed E-state index contributed by atoms with van der Waals surface area (Å²) in [4.78, 5) is 0. The van der Waals surface area contributed by atoms with E-state index in [1.165, 1.54) is 23.0 Å². The molecule has 0 aliphatic rings. The molecule has 8 heteroatoms. The van der Waals surface area contributed by atoms with Gasteiger partial charge in [0.05, 0.1) is 23.2 Å². The fourth-order valence-corrected chi connectivity index (χ4v) is 2.00. The monoisotopic (exact) mass is 325 g/mol. The third-order valence-electron chi connectivity index (χ3n) is 2.71. The Bertz CT molecular complexity index is 681. The van der Waals surface area contributed by atoms with Crippen LogP contribution in [0, 0.1) is 12.7 Å². The van der Waals surface area contributed by atoms with Crippen LogP contribution in [0.2, 0.25) is 5.15 Å². The van der Waals surface area contributed by atoms with E-state index < -0.39 is 0 Å². The lowest BCUT2D eigenvalue weighted by Crippen LogP contribution is -2.28. The van der Waals surface area contributed by atoms with Gasteiger partial charge in [0.25, 0.3) is 0 Å². The molecule has 21 heavy (non-hydrogen) atoms. The van der Waals surface area contributed by atoms with Crippen molar-refractivity contribution in [3.63, 3.8) is 0 Å². The Morgan fingerprint density at radius 1 is 1.43 bits per heavy atom. The van der Waals surface area contributed by atoms with Crippen LogP contribution in [0.5, 0.6) is 0 Å². The molecule has 0 radical (unpaired) electrons. The molecule has 0 saturated heterocycles. The maximum Gasteiger partial charge on any atom is 0.186 e. The van der Waals surface area contributed by atoms with Crippen molar-refractivity contribution in [1.82, 2.24) is 20.5 Å². The molecule has 0 amide bonds. The molecular formula is C13H13ClFN5S. The molecule has 1 heterocycles. The van der Waals surface area contributed by atoms with Crippen LogP contribution in [-0.2, 0) is 0 Å². The van der Waals surface area contributed by atoms with Gasteiger partial charge < -0.3 is 5.32 Å². The first-order chi connectivity index (χ1) is 10.0. The van der Waals surface area contributed by atoms with Gasteiger partial charge >= 0.3 is 0 Å². The van der Waals surface area contributed by atoms with Crippen LogP contribution >= 0.6 is 23.8 Å². The summed E-state index contributed by atoms with van der Waals surface area (Å²) >= 11 is 11.2. The second-order valence-corrected chi connectivity index (χ2v) is 4.89. The van der Waals surface area contributed by atoms with Crippen molar-refractivity contribution in [2.24, 2.45) is 5.10 Å². The lowest BCUT2D eigenvalue weighted by molar-refractivity contribution is 0.627. The molecule has 0 bridgehead atoms. The van der Waals surface area contributed by atoms with E-state index in [-0.39, 0.29) is 5.82 Å². The Balaban J connectivity index is 2.29. The fourth-order valence-electron chi connectivity index (χ4n) is 1.62. The largest absolute Gasteiger partial charge is 0.364 e. The number of benzene rings is 1. The smallest absolute Gasteiger partial charge is 0.186 e. The Morgan fingerprint density at radius 3 is 2.71 bits per heavy atom. The van der Waals surface area contributed by atoms with E-state index in [0.717, 1.165) is 0 Å². The van der Waals surface area contributed by atoms with Crippen molar-refractivity contribution in [2.75, 3.05) is 7.05 Å². The number of hydrogen-bond donors (Lipinski definition) is 2. The summed E-state index contributed by atoms with van der Waals surface area (Å²) < 4.78 is 14.5. The Morgan fingerprint density at radius 2 is 2.10 bits per heavy atom. The maximum absolute atomic E-state index is 13.0. The molecule has 1 aromatic heterocycles. The third kappa shape index (κ3) is 3.56. The molecule has 0 aliphatic carbocycles. The second kappa shape index (κ2) is 6.64. The van der Waals surface area contributed by atoms with Gasteiger partial charge in [-0.2, -0.15) is 10.2 Å². The van der Waals surface area contributed by atoms with Crippen molar-refractivity contribution in [3.8, 4) is 5.69 Å². The number of aromatic nitrogens is 2. The molecule has 0 aliphatic heterocycles. The Hall–Kier alpha value is -1.99. The number of aryl methyl sites for hydroxylation is 1. The van der Waals surface area contributed by atoms with Crippen molar-refractivity contribution < 1.29 is 4.39 Å². The highest BCUT2D eigenvalue weighted by atomic mass is 35.5. The first-order valence-corrected chi connectivity index (χ1v) is 6.83. The van der Waals surface area contributed by atoms with E-state index in [1.807, 2.05) is 6.92 Å². The summed E-state index contributed by atoms with van der Waals surface area (Å²) in [7, 11) is 1.69. The van der Waals surface area contributed by atoms with Gasteiger partial charge in [-0.3, -0.25) is 5.43 Å². The molecule has 0 saturated carbocycles. The summed E-state index contributed by atoms with van der Waals surface area (Å²) in [6.45, 7) is 1.81. The third-order valence-corrected chi connectivity index (χ3v) is 3.37. The lowest BCUT2D eigenvalue weighted by Gasteiger charge is -2.02. The minimum absolute atomic E-state index is 0.315.